The van der Waals surface area contributed by atoms with E-state index in [0.717, 1.165) is 6.42 Å². The molecule has 1 aromatic rings. The summed E-state index contributed by atoms with van der Waals surface area (Å²) < 4.78 is 1.41. The second kappa shape index (κ2) is 6.24. The second-order valence-corrected chi connectivity index (χ2v) is 7.14. The molecule has 7 nitrogen and oxygen atoms in total. The first-order valence-corrected chi connectivity index (χ1v) is 6.96. The fourth-order valence-corrected chi connectivity index (χ4v) is 2.60. The van der Waals surface area contributed by atoms with Gasteiger partial charge in [-0.2, -0.15) is 5.10 Å². The highest BCUT2D eigenvalue weighted by Gasteiger charge is 2.26. The molecule has 1 heterocycles. The lowest BCUT2D eigenvalue weighted by atomic mass is 9.82. The maximum Gasteiger partial charge on any atom is 0.306 e. The third-order valence-electron chi connectivity index (χ3n) is 2.85. The van der Waals surface area contributed by atoms with Crippen LogP contribution in [0.3, 0.4) is 0 Å². The zero-order valence-corrected chi connectivity index (χ0v) is 13.3. The maximum atomic E-state index is 12.0. The number of aromatic nitrogens is 2. The number of hydrogen-bond donors (Lipinski definition) is 1. The van der Waals surface area contributed by atoms with Gasteiger partial charge >= 0.3 is 5.69 Å². The van der Waals surface area contributed by atoms with Crippen molar-refractivity contribution >= 4 is 11.6 Å². The highest BCUT2D eigenvalue weighted by atomic mass is 16.6. The van der Waals surface area contributed by atoms with Crippen LogP contribution < -0.4 is 5.32 Å². The summed E-state index contributed by atoms with van der Waals surface area (Å²) in [5.41, 5.74) is -0.228. The van der Waals surface area contributed by atoms with Crippen LogP contribution in [0.2, 0.25) is 0 Å². The van der Waals surface area contributed by atoms with Crippen LogP contribution in [0.15, 0.2) is 12.4 Å². The number of carbonyl (C=O) groups excluding carboxylic acids is 1. The van der Waals surface area contributed by atoms with Gasteiger partial charge in [0.2, 0.25) is 5.91 Å². The lowest BCUT2D eigenvalue weighted by Gasteiger charge is -2.33. The predicted octanol–water partition coefficient (Wildman–Crippen LogP) is 2.51. The minimum atomic E-state index is -0.504. The number of nitrogens with one attached hydrogen (secondary N) is 1. The third-order valence-corrected chi connectivity index (χ3v) is 2.85. The number of carbonyl (C=O) groups is 1. The van der Waals surface area contributed by atoms with Crippen molar-refractivity contribution in [3.8, 4) is 0 Å². The van der Waals surface area contributed by atoms with Crippen LogP contribution in [0, 0.1) is 15.5 Å². The molecular weight excluding hydrogens is 272 g/mol. The van der Waals surface area contributed by atoms with Crippen molar-refractivity contribution in [2.75, 3.05) is 0 Å². The van der Waals surface area contributed by atoms with Crippen LogP contribution in [-0.2, 0) is 11.3 Å². The zero-order chi connectivity index (χ0) is 16.3. The number of nitrogens with zero attached hydrogens (tertiary/aromatic N) is 3. The number of rotatable bonds is 6. The molecule has 1 amide bonds. The van der Waals surface area contributed by atoms with E-state index >= 15 is 0 Å². The summed E-state index contributed by atoms with van der Waals surface area (Å²) in [5.74, 6) is -0.0811. The Morgan fingerprint density at radius 2 is 2.00 bits per heavy atom. The number of aryl methyl sites for hydroxylation is 1. The molecule has 0 aliphatic carbocycles. The van der Waals surface area contributed by atoms with Crippen LogP contribution in [0.25, 0.3) is 0 Å². The van der Waals surface area contributed by atoms with E-state index in [1.807, 2.05) is 13.8 Å². The summed E-state index contributed by atoms with van der Waals surface area (Å²) in [5, 5.41) is 17.4. The minimum absolute atomic E-state index is 0.0662. The van der Waals surface area contributed by atoms with E-state index in [9.17, 15) is 14.9 Å². The molecule has 0 aliphatic rings. The molecule has 0 saturated heterocycles. The van der Waals surface area contributed by atoms with Crippen molar-refractivity contribution in [1.29, 1.82) is 0 Å². The molecular formula is C14H24N4O3. The quantitative estimate of drug-likeness (QED) is 0.645. The summed E-state index contributed by atoms with van der Waals surface area (Å²) in [6, 6.07) is 0. The van der Waals surface area contributed by atoms with E-state index in [-0.39, 0.29) is 29.0 Å². The summed E-state index contributed by atoms with van der Waals surface area (Å²) in [7, 11) is 0. The van der Waals surface area contributed by atoms with Gasteiger partial charge in [0.25, 0.3) is 0 Å². The largest absolute Gasteiger partial charge is 0.351 e. The highest BCUT2D eigenvalue weighted by Crippen LogP contribution is 2.26. The Bertz CT molecular complexity index is 515. The molecule has 0 aliphatic heterocycles. The molecule has 0 bridgehead atoms. The molecule has 0 unspecified atom stereocenters. The van der Waals surface area contributed by atoms with E-state index in [4.69, 9.17) is 0 Å². The van der Waals surface area contributed by atoms with Gasteiger partial charge in [-0.1, -0.05) is 20.8 Å². The Morgan fingerprint density at radius 3 is 2.48 bits per heavy atom. The molecule has 0 spiro atoms. The number of amides is 1. The molecule has 0 fully saturated rings. The van der Waals surface area contributed by atoms with Crippen LogP contribution in [0.1, 0.15) is 47.5 Å². The van der Waals surface area contributed by atoms with E-state index < -0.39 is 4.92 Å². The minimum Gasteiger partial charge on any atom is -0.351 e. The van der Waals surface area contributed by atoms with Crippen LogP contribution in [0.5, 0.6) is 0 Å². The van der Waals surface area contributed by atoms with Crippen LogP contribution in [0.4, 0.5) is 5.69 Å². The van der Waals surface area contributed by atoms with Crippen molar-refractivity contribution in [1.82, 2.24) is 15.1 Å². The Kier molecular flexibility index (Phi) is 5.09. The number of nitro groups is 1. The Morgan fingerprint density at radius 1 is 1.38 bits per heavy atom. The van der Waals surface area contributed by atoms with Gasteiger partial charge in [-0.15, -0.1) is 0 Å². The van der Waals surface area contributed by atoms with Gasteiger partial charge in [0.05, 0.1) is 4.92 Å². The lowest BCUT2D eigenvalue weighted by molar-refractivity contribution is -0.385. The smallest absolute Gasteiger partial charge is 0.306 e. The summed E-state index contributed by atoms with van der Waals surface area (Å²) in [6.45, 7) is 10.7. The van der Waals surface area contributed by atoms with Crippen molar-refractivity contribution < 1.29 is 9.72 Å². The van der Waals surface area contributed by atoms with Gasteiger partial charge in [0.1, 0.15) is 12.4 Å². The molecule has 0 radical (unpaired) electrons. The van der Waals surface area contributed by atoms with Gasteiger partial charge in [0.15, 0.2) is 0 Å². The monoisotopic (exact) mass is 296 g/mol. The van der Waals surface area contributed by atoms with Crippen molar-refractivity contribution in [3.05, 3.63) is 22.5 Å². The first-order valence-electron chi connectivity index (χ1n) is 6.96. The van der Waals surface area contributed by atoms with Gasteiger partial charge in [0, 0.05) is 18.5 Å². The molecule has 7 heteroatoms. The lowest BCUT2D eigenvalue weighted by Crippen LogP contribution is -2.46. The highest BCUT2D eigenvalue weighted by molar-refractivity contribution is 5.76. The van der Waals surface area contributed by atoms with E-state index in [0.29, 0.717) is 6.54 Å². The van der Waals surface area contributed by atoms with Gasteiger partial charge in [-0.3, -0.25) is 19.6 Å². The number of hydrogen-bond acceptors (Lipinski definition) is 4. The molecule has 0 saturated carbocycles. The first kappa shape index (κ1) is 17.1. The van der Waals surface area contributed by atoms with E-state index in [1.165, 1.54) is 17.1 Å². The molecule has 0 atom stereocenters. The van der Waals surface area contributed by atoms with Crippen molar-refractivity contribution in [2.45, 2.75) is 59.5 Å². The summed E-state index contributed by atoms with van der Waals surface area (Å²) in [4.78, 5) is 22.0. The molecule has 21 heavy (non-hydrogen) atoms. The average molecular weight is 296 g/mol. The third kappa shape index (κ3) is 6.37. The fourth-order valence-electron chi connectivity index (χ4n) is 2.60. The second-order valence-electron chi connectivity index (χ2n) is 7.14. The fraction of sp³-hybridized carbons (Fsp3) is 0.714. The van der Waals surface area contributed by atoms with Crippen molar-refractivity contribution in [2.24, 2.45) is 5.41 Å². The molecule has 1 rings (SSSR count). The predicted molar refractivity (Wildman–Crippen MR) is 79.8 cm³/mol. The van der Waals surface area contributed by atoms with E-state index in [2.05, 4.69) is 31.2 Å². The SMILES string of the molecule is CC(C)(C)CC(C)(C)NC(=O)CCn1cc([N+](=O)[O-])cn1. The Labute approximate surface area is 124 Å². The van der Waals surface area contributed by atoms with Gasteiger partial charge < -0.3 is 5.32 Å². The van der Waals surface area contributed by atoms with E-state index in [1.54, 1.807) is 0 Å². The maximum absolute atomic E-state index is 12.0. The van der Waals surface area contributed by atoms with Crippen LogP contribution in [-0.4, -0.2) is 26.1 Å². The van der Waals surface area contributed by atoms with Crippen LogP contribution >= 0.6 is 0 Å². The molecule has 118 valence electrons. The summed E-state index contributed by atoms with van der Waals surface area (Å²) >= 11 is 0. The Hall–Kier alpha value is -1.92. The topological polar surface area (TPSA) is 90.1 Å². The zero-order valence-electron chi connectivity index (χ0n) is 13.3. The normalized spacial score (nSPS) is 12.2. The van der Waals surface area contributed by atoms with Crippen molar-refractivity contribution in [3.63, 3.8) is 0 Å². The Balaban J connectivity index is 2.48. The molecule has 0 aromatic carbocycles. The van der Waals surface area contributed by atoms with Gasteiger partial charge in [-0.05, 0) is 25.7 Å². The first-order chi connectivity index (χ1) is 9.48. The van der Waals surface area contributed by atoms with Gasteiger partial charge in [-0.25, -0.2) is 0 Å². The average Bonchev–Trinajstić information content (AvgIpc) is 2.70. The molecule has 1 N–H and O–H groups in total. The standard InChI is InChI=1S/C14H24N4O3/c1-13(2,3)10-14(4,5)16-12(19)6-7-17-9-11(8-15-17)18(20)21/h8-9H,6-7,10H2,1-5H3,(H,16,19). The summed E-state index contributed by atoms with van der Waals surface area (Å²) in [6.07, 6.45) is 3.61. The molecule has 1 aromatic heterocycles.